The third kappa shape index (κ3) is 2.02. The number of hydrogen-bond acceptors (Lipinski definition) is 3. The van der Waals surface area contributed by atoms with Crippen LogP contribution in [0.4, 0.5) is 4.39 Å². The van der Waals surface area contributed by atoms with E-state index in [1.807, 2.05) is 0 Å². The summed E-state index contributed by atoms with van der Waals surface area (Å²) in [5, 5.41) is 2.22. The van der Waals surface area contributed by atoms with Gasteiger partial charge in [-0.15, -0.1) is 0 Å². The number of carbonyl (C=O) groups excluding carboxylic acids is 3. The van der Waals surface area contributed by atoms with Crippen LogP contribution in [0.25, 0.3) is 0 Å². The number of nitrogens with one attached hydrogen (secondary N) is 1. The first-order chi connectivity index (χ1) is 9.47. The SMILES string of the molecule is O=C1CCC(N2Cc3c(Br)cc(F)cc3C2=O)C(=O)N1. The molecule has 1 atom stereocenters. The Hall–Kier alpha value is -1.76. The number of imide groups is 1. The average Bonchev–Trinajstić information content (AvgIpc) is 2.68. The van der Waals surface area contributed by atoms with Crippen molar-refractivity contribution in [3.63, 3.8) is 0 Å². The number of piperidine rings is 1. The van der Waals surface area contributed by atoms with Gasteiger partial charge >= 0.3 is 0 Å². The second-order valence-corrected chi connectivity index (χ2v) is 5.67. The Bertz CT molecular complexity index is 647. The van der Waals surface area contributed by atoms with Gasteiger partial charge in [-0.1, -0.05) is 15.9 Å². The predicted octanol–water partition coefficient (Wildman–Crippen LogP) is 1.35. The van der Waals surface area contributed by atoms with Gasteiger partial charge in [0.05, 0.1) is 0 Å². The minimum absolute atomic E-state index is 0.200. The summed E-state index contributed by atoms with van der Waals surface area (Å²) in [5.74, 6) is -1.69. The molecule has 3 amide bonds. The number of nitrogens with zero attached hydrogens (tertiary/aromatic N) is 1. The number of rotatable bonds is 1. The van der Waals surface area contributed by atoms with Crippen LogP contribution in [0, 0.1) is 5.82 Å². The highest BCUT2D eigenvalue weighted by Crippen LogP contribution is 2.32. The van der Waals surface area contributed by atoms with Crippen LogP contribution in [0.2, 0.25) is 0 Å². The van der Waals surface area contributed by atoms with Gasteiger partial charge in [-0.05, 0) is 24.1 Å². The maximum absolute atomic E-state index is 13.4. The zero-order valence-corrected chi connectivity index (χ0v) is 11.9. The molecule has 2 aliphatic heterocycles. The van der Waals surface area contributed by atoms with Gasteiger partial charge in [0.1, 0.15) is 11.9 Å². The smallest absolute Gasteiger partial charge is 0.255 e. The normalized spacial score (nSPS) is 22.0. The zero-order chi connectivity index (χ0) is 14.4. The minimum atomic E-state index is -0.678. The van der Waals surface area contributed by atoms with Gasteiger partial charge < -0.3 is 4.90 Å². The van der Waals surface area contributed by atoms with E-state index in [9.17, 15) is 18.8 Å². The molecular weight excluding hydrogens is 331 g/mol. The van der Waals surface area contributed by atoms with E-state index in [1.54, 1.807) is 0 Å². The highest BCUT2D eigenvalue weighted by atomic mass is 79.9. The van der Waals surface area contributed by atoms with Crippen molar-refractivity contribution in [2.75, 3.05) is 0 Å². The molecule has 0 aromatic heterocycles. The third-order valence-electron chi connectivity index (χ3n) is 3.57. The largest absolute Gasteiger partial charge is 0.322 e. The number of halogens is 2. The molecule has 0 radical (unpaired) electrons. The van der Waals surface area contributed by atoms with E-state index in [4.69, 9.17) is 0 Å². The molecule has 1 unspecified atom stereocenters. The second-order valence-electron chi connectivity index (χ2n) is 4.81. The summed E-state index contributed by atoms with van der Waals surface area (Å²) in [5.41, 5.74) is 0.933. The number of amides is 3. The fourth-order valence-corrected chi connectivity index (χ4v) is 3.14. The van der Waals surface area contributed by atoms with Crippen LogP contribution in [-0.4, -0.2) is 28.7 Å². The van der Waals surface area contributed by atoms with E-state index in [1.165, 1.54) is 17.0 Å². The number of benzene rings is 1. The Morgan fingerprint density at radius 3 is 2.75 bits per heavy atom. The minimum Gasteiger partial charge on any atom is -0.322 e. The van der Waals surface area contributed by atoms with Crippen molar-refractivity contribution < 1.29 is 18.8 Å². The maximum atomic E-state index is 13.4. The Morgan fingerprint density at radius 1 is 1.30 bits per heavy atom. The van der Waals surface area contributed by atoms with Gasteiger partial charge in [-0.25, -0.2) is 4.39 Å². The Labute approximate surface area is 122 Å². The lowest BCUT2D eigenvalue weighted by Gasteiger charge is -2.29. The molecule has 1 aromatic rings. The maximum Gasteiger partial charge on any atom is 0.255 e. The molecule has 0 saturated carbocycles. The van der Waals surface area contributed by atoms with E-state index in [2.05, 4.69) is 21.2 Å². The summed E-state index contributed by atoms with van der Waals surface area (Å²) in [6, 6.07) is 1.79. The summed E-state index contributed by atoms with van der Waals surface area (Å²) in [4.78, 5) is 36.7. The number of carbonyl (C=O) groups is 3. The molecule has 0 aliphatic carbocycles. The van der Waals surface area contributed by atoms with E-state index < -0.39 is 17.8 Å². The van der Waals surface area contributed by atoms with Crippen molar-refractivity contribution in [3.8, 4) is 0 Å². The Kier molecular flexibility index (Phi) is 3.08. The number of fused-ring (bicyclic) bond motifs is 1. The highest BCUT2D eigenvalue weighted by Gasteiger charge is 2.39. The Morgan fingerprint density at radius 2 is 2.05 bits per heavy atom. The molecule has 20 heavy (non-hydrogen) atoms. The topological polar surface area (TPSA) is 66.5 Å². The molecule has 2 heterocycles. The molecule has 1 N–H and O–H groups in total. The second kappa shape index (κ2) is 4.66. The third-order valence-corrected chi connectivity index (χ3v) is 4.27. The van der Waals surface area contributed by atoms with Crippen molar-refractivity contribution in [1.29, 1.82) is 0 Å². The molecule has 7 heteroatoms. The van der Waals surface area contributed by atoms with Crippen LogP contribution in [0.5, 0.6) is 0 Å². The lowest BCUT2D eigenvalue weighted by atomic mass is 10.0. The first-order valence-electron chi connectivity index (χ1n) is 6.10. The van der Waals surface area contributed by atoms with Gasteiger partial charge in [0.15, 0.2) is 0 Å². The van der Waals surface area contributed by atoms with E-state index in [0.717, 1.165) is 0 Å². The quantitative estimate of drug-likeness (QED) is 0.785. The van der Waals surface area contributed by atoms with E-state index in [0.29, 0.717) is 16.5 Å². The summed E-state index contributed by atoms with van der Waals surface area (Å²) >= 11 is 3.23. The van der Waals surface area contributed by atoms with Crippen molar-refractivity contribution in [2.24, 2.45) is 0 Å². The fraction of sp³-hybridized carbons (Fsp3) is 0.308. The van der Waals surface area contributed by atoms with Crippen LogP contribution in [-0.2, 0) is 16.1 Å². The molecule has 2 aliphatic rings. The fourth-order valence-electron chi connectivity index (χ4n) is 2.58. The predicted molar refractivity (Wildman–Crippen MR) is 70.1 cm³/mol. The van der Waals surface area contributed by atoms with E-state index >= 15 is 0 Å². The standard InChI is InChI=1S/C13H10BrFN2O3/c14-9-4-6(15)3-7-8(9)5-17(13(7)20)10-1-2-11(18)16-12(10)19/h3-4,10H,1-2,5H2,(H,16,18,19). The van der Waals surface area contributed by atoms with Crippen LogP contribution >= 0.6 is 15.9 Å². The van der Waals surface area contributed by atoms with E-state index in [-0.39, 0.29) is 30.3 Å². The van der Waals surface area contributed by atoms with Crippen molar-refractivity contribution in [2.45, 2.75) is 25.4 Å². The number of hydrogen-bond donors (Lipinski definition) is 1. The first-order valence-corrected chi connectivity index (χ1v) is 6.89. The summed E-state index contributed by atoms with van der Waals surface area (Å²) in [6.07, 6.45) is 0.497. The monoisotopic (exact) mass is 340 g/mol. The first kappa shape index (κ1) is 13.2. The van der Waals surface area contributed by atoms with Crippen molar-refractivity contribution in [1.82, 2.24) is 10.2 Å². The molecule has 5 nitrogen and oxygen atoms in total. The molecular formula is C13H10BrFN2O3. The van der Waals surface area contributed by atoms with Crippen LogP contribution in [0.1, 0.15) is 28.8 Å². The molecule has 1 fully saturated rings. The van der Waals surface area contributed by atoms with Gasteiger partial charge in [0, 0.05) is 23.0 Å². The Balaban J connectivity index is 1.92. The van der Waals surface area contributed by atoms with Gasteiger partial charge in [0.2, 0.25) is 11.8 Å². The van der Waals surface area contributed by atoms with Crippen molar-refractivity contribution >= 4 is 33.7 Å². The molecule has 1 aromatic carbocycles. The zero-order valence-electron chi connectivity index (χ0n) is 10.3. The van der Waals surface area contributed by atoms with Crippen LogP contribution < -0.4 is 5.32 Å². The molecule has 0 spiro atoms. The average molecular weight is 341 g/mol. The van der Waals surface area contributed by atoms with Gasteiger partial charge in [0.25, 0.3) is 5.91 Å². The molecule has 104 valence electrons. The highest BCUT2D eigenvalue weighted by molar-refractivity contribution is 9.10. The molecule has 0 bridgehead atoms. The van der Waals surface area contributed by atoms with Crippen LogP contribution in [0.3, 0.4) is 0 Å². The molecule has 3 rings (SSSR count). The summed E-state index contributed by atoms with van der Waals surface area (Å²) in [6.45, 7) is 0.237. The summed E-state index contributed by atoms with van der Waals surface area (Å²) in [7, 11) is 0. The van der Waals surface area contributed by atoms with Gasteiger partial charge in [-0.3, -0.25) is 19.7 Å². The van der Waals surface area contributed by atoms with Crippen LogP contribution in [0.15, 0.2) is 16.6 Å². The summed E-state index contributed by atoms with van der Waals surface area (Å²) < 4.78 is 13.9. The van der Waals surface area contributed by atoms with Gasteiger partial charge in [-0.2, -0.15) is 0 Å². The van der Waals surface area contributed by atoms with Crippen molar-refractivity contribution in [3.05, 3.63) is 33.5 Å². The lowest BCUT2D eigenvalue weighted by Crippen LogP contribution is -2.52. The molecule has 1 saturated heterocycles. The lowest BCUT2D eigenvalue weighted by molar-refractivity contribution is -0.136.